The van der Waals surface area contributed by atoms with Gasteiger partial charge in [0.15, 0.2) is 0 Å². The molecule has 0 heterocycles. The van der Waals surface area contributed by atoms with E-state index in [9.17, 15) is 0 Å². The minimum Gasteiger partial charge on any atom is -0.198 e. The molecular weight excluding hydrogens is 146 g/mol. The number of nitrogens with zero attached hydrogens (tertiary/aromatic N) is 1. The van der Waals surface area contributed by atoms with E-state index in [-0.39, 0.29) is 0 Å². The van der Waals surface area contributed by atoms with E-state index in [2.05, 4.69) is 19.9 Å². The first-order valence-electron chi connectivity index (χ1n) is 5.11. The molecule has 1 saturated carbocycles. The van der Waals surface area contributed by atoms with E-state index in [0.717, 1.165) is 18.3 Å². The summed E-state index contributed by atoms with van der Waals surface area (Å²) in [6.45, 7) is 4.61. The summed E-state index contributed by atoms with van der Waals surface area (Å²) in [4.78, 5) is 0. The largest absolute Gasteiger partial charge is 0.198 e. The maximum absolute atomic E-state index is 8.59. The summed E-state index contributed by atoms with van der Waals surface area (Å²) >= 11 is 0. The molecule has 1 heteroatoms. The highest BCUT2D eigenvalue weighted by atomic mass is 14.3. The number of nitriles is 1. The zero-order valence-electron chi connectivity index (χ0n) is 8.21. The van der Waals surface area contributed by atoms with Crippen LogP contribution in [0.25, 0.3) is 0 Å². The van der Waals surface area contributed by atoms with Crippen LogP contribution in [-0.4, -0.2) is 0 Å². The van der Waals surface area contributed by atoms with E-state index in [4.69, 9.17) is 5.26 Å². The van der Waals surface area contributed by atoms with E-state index in [1.54, 1.807) is 0 Å². The van der Waals surface area contributed by atoms with Crippen LogP contribution in [0.5, 0.6) is 0 Å². The summed E-state index contributed by atoms with van der Waals surface area (Å²) in [6.07, 6.45) is 6.10. The second kappa shape index (κ2) is 4.50. The lowest BCUT2D eigenvalue weighted by Crippen LogP contribution is -2.19. The fraction of sp³-hybridized carbons (Fsp3) is 0.909. The van der Waals surface area contributed by atoms with Crippen molar-refractivity contribution in [3.05, 3.63) is 0 Å². The molecule has 2 atom stereocenters. The summed E-state index contributed by atoms with van der Waals surface area (Å²) in [7, 11) is 0. The quantitative estimate of drug-likeness (QED) is 0.615. The van der Waals surface area contributed by atoms with Crippen molar-refractivity contribution in [1.29, 1.82) is 5.26 Å². The molecule has 1 aliphatic carbocycles. The molecule has 0 saturated heterocycles. The predicted octanol–water partition coefficient (Wildman–Crippen LogP) is 3.36. The average molecular weight is 165 g/mol. The fourth-order valence-electron chi connectivity index (χ4n) is 2.25. The Hall–Kier alpha value is -0.510. The molecule has 12 heavy (non-hydrogen) atoms. The van der Waals surface area contributed by atoms with Gasteiger partial charge in [0.1, 0.15) is 0 Å². The van der Waals surface area contributed by atoms with Crippen molar-refractivity contribution >= 4 is 0 Å². The van der Waals surface area contributed by atoms with Crippen LogP contribution >= 0.6 is 0 Å². The number of rotatable bonds is 2. The van der Waals surface area contributed by atoms with Crippen LogP contribution in [0.2, 0.25) is 0 Å². The van der Waals surface area contributed by atoms with Crippen molar-refractivity contribution in [3.8, 4) is 6.07 Å². The highest BCUT2D eigenvalue weighted by Crippen LogP contribution is 2.34. The second-order valence-electron chi connectivity index (χ2n) is 4.40. The first-order valence-corrected chi connectivity index (χ1v) is 5.11. The molecule has 0 spiro atoms. The summed E-state index contributed by atoms with van der Waals surface area (Å²) in [5.41, 5.74) is 0. The van der Waals surface area contributed by atoms with Crippen LogP contribution in [0, 0.1) is 29.1 Å². The van der Waals surface area contributed by atoms with E-state index in [1.165, 1.54) is 25.7 Å². The molecule has 0 aromatic rings. The first-order chi connectivity index (χ1) is 5.74. The minimum absolute atomic E-state index is 0.705. The molecule has 0 bridgehead atoms. The van der Waals surface area contributed by atoms with Gasteiger partial charge in [-0.25, -0.2) is 0 Å². The van der Waals surface area contributed by atoms with Gasteiger partial charge < -0.3 is 0 Å². The van der Waals surface area contributed by atoms with Gasteiger partial charge in [-0.1, -0.05) is 26.7 Å². The van der Waals surface area contributed by atoms with Gasteiger partial charge in [0.25, 0.3) is 0 Å². The Kier molecular flexibility index (Phi) is 3.59. The van der Waals surface area contributed by atoms with Crippen molar-refractivity contribution < 1.29 is 0 Å². The zero-order chi connectivity index (χ0) is 8.97. The topological polar surface area (TPSA) is 23.8 Å². The Labute approximate surface area is 75.8 Å². The van der Waals surface area contributed by atoms with Crippen molar-refractivity contribution in [3.63, 3.8) is 0 Å². The van der Waals surface area contributed by atoms with Gasteiger partial charge in [-0.05, 0) is 30.6 Å². The third-order valence-electron chi connectivity index (χ3n) is 3.15. The second-order valence-corrected chi connectivity index (χ2v) is 4.40. The van der Waals surface area contributed by atoms with Crippen LogP contribution in [0.15, 0.2) is 0 Å². The third kappa shape index (κ3) is 2.52. The summed E-state index contributed by atoms with van der Waals surface area (Å²) in [5, 5.41) is 8.59. The monoisotopic (exact) mass is 165 g/mol. The first kappa shape index (κ1) is 9.58. The maximum atomic E-state index is 8.59. The molecule has 68 valence electrons. The molecular formula is C11H19N. The SMILES string of the molecule is CC(C)C1CCCC(CC#N)C1. The van der Waals surface area contributed by atoms with Crippen molar-refractivity contribution in [2.24, 2.45) is 17.8 Å². The molecule has 1 rings (SSSR count). The van der Waals surface area contributed by atoms with Crippen molar-refractivity contribution in [1.82, 2.24) is 0 Å². The fourth-order valence-corrected chi connectivity index (χ4v) is 2.25. The molecule has 1 aliphatic rings. The normalized spacial score (nSPS) is 30.2. The van der Waals surface area contributed by atoms with Gasteiger partial charge in [0, 0.05) is 6.42 Å². The average Bonchev–Trinajstić information content (AvgIpc) is 2.05. The van der Waals surface area contributed by atoms with Gasteiger partial charge in [0.2, 0.25) is 0 Å². The Morgan fingerprint density at radius 2 is 2.17 bits per heavy atom. The van der Waals surface area contributed by atoms with Gasteiger partial charge in [-0.15, -0.1) is 0 Å². The Bertz CT molecular complexity index is 166. The Morgan fingerprint density at radius 1 is 1.42 bits per heavy atom. The van der Waals surface area contributed by atoms with Crippen molar-refractivity contribution in [2.45, 2.75) is 46.0 Å². The zero-order valence-corrected chi connectivity index (χ0v) is 8.21. The molecule has 1 nitrogen and oxygen atoms in total. The molecule has 0 amide bonds. The van der Waals surface area contributed by atoms with Crippen LogP contribution in [0.1, 0.15) is 46.0 Å². The lowest BCUT2D eigenvalue weighted by atomic mass is 9.75. The van der Waals surface area contributed by atoms with Gasteiger partial charge >= 0.3 is 0 Å². The lowest BCUT2D eigenvalue weighted by Gasteiger charge is -2.30. The van der Waals surface area contributed by atoms with Crippen LogP contribution in [0.4, 0.5) is 0 Å². The van der Waals surface area contributed by atoms with Crippen molar-refractivity contribution in [2.75, 3.05) is 0 Å². The molecule has 0 aromatic heterocycles. The van der Waals surface area contributed by atoms with E-state index in [0.29, 0.717) is 5.92 Å². The maximum Gasteiger partial charge on any atom is 0.0624 e. The predicted molar refractivity (Wildman–Crippen MR) is 50.5 cm³/mol. The van der Waals surface area contributed by atoms with Crippen LogP contribution < -0.4 is 0 Å². The smallest absolute Gasteiger partial charge is 0.0624 e. The molecule has 0 N–H and O–H groups in total. The Balaban J connectivity index is 2.36. The van der Waals surface area contributed by atoms with E-state index in [1.807, 2.05) is 0 Å². The summed E-state index contributed by atoms with van der Waals surface area (Å²) < 4.78 is 0. The van der Waals surface area contributed by atoms with Gasteiger partial charge in [-0.3, -0.25) is 0 Å². The molecule has 2 unspecified atom stereocenters. The molecule has 0 radical (unpaired) electrons. The molecule has 0 aromatic carbocycles. The highest BCUT2D eigenvalue weighted by Gasteiger charge is 2.23. The molecule has 0 aliphatic heterocycles. The van der Waals surface area contributed by atoms with Gasteiger partial charge in [-0.2, -0.15) is 5.26 Å². The number of hydrogen-bond acceptors (Lipinski definition) is 1. The van der Waals surface area contributed by atoms with E-state index < -0.39 is 0 Å². The summed E-state index contributed by atoms with van der Waals surface area (Å²) in [5.74, 6) is 2.40. The number of hydrogen-bond donors (Lipinski definition) is 0. The van der Waals surface area contributed by atoms with E-state index >= 15 is 0 Å². The summed E-state index contributed by atoms with van der Waals surface area (Å²) in [6, 6.07) is 2.30. The Morgan fingerprint density at radius 3 is 2.75 bits per heavy atom. The lowest BCUT2D eigenvalue weighted by molar-refractivity contribution is 0.217. The van der Waals surface area contributed by atoms with Crippen LogP contribution in [-0.2, 0) is 0 Å². The third-order valence-corrected chi connectivity index (χ3v) is 3.15. The highest BCUT2D eigenvalue weighted by molar-refractivity contribution is 4.82. The minimum atomic E-state index is 0.705. The standard InChI is InChI=1S/C11H19N/c1-9(2)11-5-3-4-10(8-11)6-7-12/h9-11H,3-6,8H2,1-2H3. The van der Waals surface area contributed by atoms with Crippen LogP contribution in [0.3, 0.4) is 0 Å². The van der Waals surface area contributed by atoms with Gasteiger partial charge in [0.05, 0.1) is 6.07 Å². The molecule has 1 fully saturated rings.